The van der Waals surface area contributed by atoms with E-state index in [2.05, 4.69) is 17.2 Å². The number of H-pyrrole nitrogens is 1. The summed E-state index contributed by atoms with van der Waals surface area (Å²) in [6, 6.07) is 12.3. The van der Waals surface area contributed by atoms with E-state index in [-0.39, 0.29) is 5.91 Å². The van der Waals surface area contributed by atoms with Crippen LogP contribution < -0.4 is 11.1 Å². The number of fused-ring (bicyclic) bond motifs is 3. The van der Waals surface area contributed by atoms with Gasteiger partial charge < -0.3 is 16.0 Å². The Morgan fingerprint density at radius 3 is 2.58 bits per heavy atom. The molecule has 132 valence electrons. The minimum absolute atomic E-state index is 0.169. The summed E-state index contributed by atoms with van der Waals surface area (Å²) in [7, 11) is 0. The number of carbonyl (C=O) groups excluding carboxylic acids is 2. The maximum atomic E-state index is 12.6. The summed E-state index contributed by atoms with van der Waals surface area (Å²) in [4.78, 5) is 27.2. The largest absolute Gasteiger partial charge is 0.366 e. The van der Waals surface area contributed by atoms with E-state index in [1.807, 2.05) is 18.2 Å². The van der Waals surface area contributed by atoms with E-state index in [0.29, 0.717) is 22.7 Å². The highest BCUT2D eigenvalue weighted by Gasteiger charge is 2.20. The normalized spacial score (nSPS) is 16.3. The lowest BCUT2D eigenvalue weighted by molar-refractivity contribution is 0.0998. The number of nitrogens with two attached hydrogens (primary N) is 1. The van der Waals surface area contributed by atoms with Gasteiger partial charge in [-0.1, -0.05) is 6.92 Å². The molecule has 0 aliphatic heterocycles. The Kier molecular flexibility index (Phi) is 3.99. The average Bonchev–Trinajstić information content (AvgIpc) is 2.99. The molecule has 5 nitrogen and oxygen atoms in total. The van der Waals surface area contributed by atoms with Gasteiger partial charge in [0.2, 0.25) is 5.91 Å². The van der Waals surface area contributed by atoms with E-state index in [1.165, 1.54) is 17.7 Å². The lowest BCUT2D eigenvalue weighted by Gasteiger charge is -2.18. The number of amides is 2. The number of hydrogen-bond donors (Lipinski definition) is 3. The first-order valence-corrected chi connectivity index (χ1v) is 8.86. The molecule has 1 heterocycles. The maximum Gasteiger partial charge on any atom is 0.255 e. The lowest BCUT2D eigenvalue weighted by Crippen LogP contribution is -2.13. The first kappa shape index (κ1) is 16.4. The fourth-order valence-electron chi connectivity index (χ4n) is 3.65. The van der Waals surface area contributed by atoms with E-state index in [4.69, 9.17) is 5.73 Å². The van der Waals surface area contributed by atoms with Gasteiger partial charge in [-0.2, -0.15) is 0 Å². The van der Waals surface area contributed by atoms with Gasteiger partial charge in [0.25, 0.3) is 5.91 Å². The number of rotatable bonds is 3. The third-order valence-corrected chi connectivity index (χ3v) is 5.12. The number of aromatic nitrogens is 1. The van der Waals surface area contributed by atoms with Crippen LogP contribution in [0, 0.1) is 5.92 Å². The molecule has 0 fully saturated rings. The molecular weight excluding hydrogens is 326 g/mol. The van der Waals surface area contributed by atoms with Gasteiger partial charge in [-0.3, -0.25) is 9.59 Å². The van der Waals surface area contributed by atoms with Crippen molar-refractivity contribution in [3.05, 3.63) is 64.8 Å². The number of hydrogen-bond acceptors (Lipinski definition) is 2. The molecule has 1 aromatic heterocycles. The predicted molar refractivity (Wildman–Crippen MR) is 102 cm³/mol. The SMILES string of the molecule is C[C@@H]1CCc2[nH]c3ccc(C(=O)Nc4ccc(C(N)=O)cc4)cc3c2C1. The molecular formula is C21H21N3O2. The Balaban J connectivity index is 1.60. The molecule has 0 saturated carbocycles. The van der Waals surface area contributed by atoms with E-state index in [0.717, 1.165) is 23.7 Å². The minimum atomic E-state index is -0.486. The predicted octanol–water partition coefficient (Wildman–Crippen LogP) is 3.64. The number of aromatic amines is 1. The van der Waals surface area contributed by atoms with Gasteiger partial charge >= 0.3 is 0 Å². The van der Waals surface area contributed by atoms with E-state index in [9.17, 15) is 9.59 Å². The molecule has 4 rings (SSSR count). The molecule has 1 aliphatic rings. The zero-order valence-electron chi connectivity index (χ0n) is 14.6. The molecule has 0 spiro atoms. The summed E-state index contributed by atoms with van der Waals surface area (Å²) >= 11 is 0. The number of aryl methyl sites for hydroxylation is 1. The molecule has 1 atom stereocenters. The van der Waals surface area contributed by atoms with Gasteiger partial charge in [0, 0.05) is 33.4 Å². The molecule has 2 aromatic carbocycles. The smallest absolute Gasteiger partial charge is 0.255 e. The summed E-state index contributed by atoms with van der Waals surface area (Å²) in [5.74, 6) is 0.0140. The monoisotopic (exact) mass is 347 g/mol. The van der Waals surface area contributed by atoms with Crippen molar-refractivity contribution in [3.63, 3.8) is 0 Å². The van der Waals surface area contributed by atoms with Crippen molar-refractivity contribution >= 4 is 28.4 Å². The van der Waals surface area contributed by atoms with Crippen LogP contribution in [0.2, 0.25) is 0 Å². The van der Waals surface area contributed by atoms with Crippen molar-refractivity contribution in [1.29, 1.82) is 0 Å². The standard InChI is InChI=1S/C21H21N3O2/c1-12-2-8-18-16(10-12)17-11-14(5-9-19(17)24-18)21(26)23-15-6-3-13(4-7-15)20(22)25/h3-7,9,11-12,24H,2,8,10H2,1H3,(H2,22,25)(H,23,26)/t12-/m1/s1. The summed E-state index contributed by atoms with van der Waals surface area (Å²) in [5.41, 5.74) is 10.6. The average molecular weight is 347 g/mol. The van der Waals surface area contributed by atoms with E-state index >= 15 is 0 Å². The summed E-state index contributed by atoms with van der Waals surface area (Å²) < 4.78 is 0. The van der Waals surface area contributed by atoms with Crippen molar-refractivity contribution in [2.24, 2.45) is 11.7 Å². The molecule has 26 heavy (non-hydrogen) atoms. The number of anilines is 1. The third kappa shape index (κ3) is 2.96. The highest BCUT2D eigenvalue weighted by molar-refractivity contribution is 6.07. The zero-order chi connectivity index (χ0) is 18.3. The second kappa shape index (κ2) is 6.33. The topological polar surface area (TPSA) is 88.0 Å². The van der Waals surface area contributed by atoms with Crippen molar-refractivity contribution in [2.45, 2.75) is 26.2 Å². The number of primary amides is 1. The Bertz CT molecular complexity index is 1000. The number of nitrogens with one attached hydrogen (secondary N) is 2. The fourth-order valence-corrected chi connectivity index (χ4v) is 3.65. The molecule has 0 saturated heterocycles. The molecule has 4 N–H and O–H groups in total. The van der Waals surface area contributed by atoms with Crippen LogP contribution in [0.25, 0.3) is 10.9 Å². The van der Waals surface area contributed by atoms with Crippen molar-refractivity contribution < 1.29 is 9.59 Å². The van der Waals surface area contributed by atoms with E-state index < -0.39 is 5.91 Å². The van der Waals surface area contributed by atoms with Crippen LogP contribution in [0.1, 0.15) is 45.3 Å². The van der Waals surface area contributed by atoms with Gasteiger partial charge in [0.15, 0.2) is 0 Å². The lowest BCUT2D eigenvalue weighted by atomic mass is 9.87. The Labute approximate surface area is 151 Å². The van der Waals surface area contributed by atoms with Crippen LogP contribution in [0.5, 0.6) is 0 Å². The van der Waals surface area contributed by atoms with Crippen LogP contribution in [0.4, 0.5) is 5.69 Å². The molecule has 2 amide bonds. The second-order valence-electron chi connectivity index (χ2n) is 7.09. The number of carbonyl (C=O) groups is 2. The third-order valence-electron chi connectivity index (χ3n) is 5.12. The Morgan fingerprint density at radius 2 is 1.85 bits per heavy atom. The molecule has 0 bridgehead atoms. The zero-order valence-corrected chi connectivity index (χ0v) is 14.6. The van der Waals surface area contributed by atoms with Crippen molar-refractivity contribution in [3.8, 4) is 0 Å². The van der Waals surface area contributed by atoms with Gasteiger partial charge in [-0.15, -0.1) is 0 Å². The molecule has 1 aliphatic carbocycles. The van der Waals surface area contributed by atoms with Crippen LogP contribution in [-0.4, -0.2) is 16.8 Å². The molecule has 3 aromatic rings. The Morgan fingerprint density at radius 1 is 1.12 bits per heavy atom. The quantitative estimate of drug-likeness (QED) is 0.675. The van der Waals surface area contributed by atoms with Crippen LogP contribution in [0.15, 0.2) is 42.5 Å². The summed E-state index contributed by atoms with van der Waals surface area (Å²) in [6.45, 7) is 2.27. The number of benzene rings is 2. The molecule has 0 radical (unpaired) electrons. The van der Waals surface area contributed by atoms with Crippen LogP contribution in [0.3, 0.4) is 0 Å². The van der Waals surface area contributed by atoms with E-state index in [1.54, 1.807) is 24.3 Å². The summed E-state index contributed by atoms with van der Waals surface area (Å²) in [5, 5.41) is 4.01. The first-order chi connectivity index (χ1) is 12.5. The van der Waals surface area contributed by atoms with Crippen LogP contribution in [-0.2, 0) is 12.8 Å². The van der Waals surface area contributed by atoms with Crippen molar-refractivity contribution in [1.82, 2.24) is 4.98 Å². The van der Waals surface area contributed by atoms with Crippen molar-refractivity contribution in [2.75, 3.05) is 5.32 Å². The van der Waals surface area contributed by atoms with Gasteiger partial charge in [-0.05, 0) is 73.2 Å². The highest BCUT2D eigenvalue weighted by atomic mass is 16.2. The maximum absolute atomic E-state index is 12.6. The second-order valence-corrected chi connectivity index (χ2v) is 7.09. The fraction of sp³-hybridized carbons (Fsp3) is 0.238. The Hall–Kier alpha value is -3.08. The van der Waals surface area contributed by atoms with Gasteiger partial charge in [0.1, 0.15) is 0 Å². The van der Waals surface area contributed by atoms with Crippen LogP contribution >= 0.6 is 0 Å². The molecule has 0 unspecified atom stereocenters. The highest BCUT2D eigenvalue weighted by Crippen LogP contribution is 2.32. The first-order valence-electron chi connectivity index (χ1n) is 8.86. The van der Waals surface area contributed by atoms with Gasteiger partial charge in [-0.25, -0.2) is 0 Å². The minimum Gasteiger partial charge on any atom is -0.366 e. The van der Waals surface area contributed by atoms with Gasteiger partial charge in [0.05, 0.1) is 0 Å². The summed E-state index contributed by atoms with van der Waals surface area (Å²) in [6.07, 6.45) is 3.32. The molecule has 5 heteroatoms.